The van der Waals surface area contributed by atoms with Crippen LogP contribution in [0.4, 0.5) is 0 Å². The number of aliphatic hydroxyl groups excluding tert-OH is 2. The second-order valence-corrected chi connectivity index (χ2v) is 4.85. The van der Waals surface area contributed by atoms with Gasteiger partial charge in [0.05, 0.1) is 32.2 Å². The number of hydrogen-bond donors (Lipinski definition) is 2. The summed E-state index contributed by atoms with van der Waals surface area (Å²) in [5.41, 5.74) is 1.31. The summed E-state index contributed by atoms with van der Waals surface area (Å²) in [6, 6.07) is 10.4. The van der Waals surface area contributed by atoms with Crippen LogP contribution in [0.25, 0.3) is 0 Å². The topological polar surface area (TPSA) is 40.5 Å². The molecule has 1 aliphatic rings. The van der Waals surface area contributed by atoms with Crippen molar-refractivity contribution >= 4 is 0 Å². The maximum Gasteiger partial charge on any atom is 0.104 e. The zero-order valence-corrected chi connectivity index (χ0v) is 9.55. The van der Waals surface area contributed by atoms with Crippen LogP contribution >= 0.6 is 0 Å². The Morgan fingerprint density at radius 1 is 1.12 bits per heavy atom. The van der Waals surface area contributed by atoms with Gasteiger partial charge in [-0.25, -0.2) is 0 Å². The molecule has 3 heteroatoms. The summed E-state index contributed by atoms with van der Waals surface area (Å²) in [5.74, 6) is 0.426. The number of benzene rings is 1. The van der Waals surface area contributed by atoms with Gasteiger partial charge in [0, 0.05) is 5.56 Å². The van der Waals surface area contributed by atoms with Gasteiger partial charge >= 0.3 is 0 Å². The average molecular weight is 222 g/mol. The SMILES string of the molecule is OCC[N+]1(Cc2ccccc2)CC(CO)C1. The predicted molar refractivity (Wildman–Crippen MR) is 62.7 cm³/mol. The Bertz CT molecular complexity index is 320. The summed E-state index contributed by atoms with van der Waals surface area (Å²) in [7, 11) is 0. The maximum atomic E-state index is 9.13. The van der Waals surface area contributed by atoms with Crippen LogP contribution in [0.15, 0.2) is 30.3 Å². The summed E-state index contributed by atoms with van der Waals surface area (Å²) in [4.78, 5) is 0. The minimum absolute atomic E-state index is 0.227. The lowest BCUT2D eigenvalue weighted by molar-refractivity contribution is -0.986. The minimum Gasteiger partial charge on any atom is -0.396 e. The van der Waals surface area contributed by atoms with Gasteiger partial charge in [-0.05, 0) is 0 Å². The lowest BCUT2D eigenvalue weighted by Gasteiger charge is -2.50. The number of nitrogens with zero attached hydrogens (tertiary/aromatic N) is 1. The molecule has 0 amide bonds. The first-order chi connectivity index (χ1) is 7.78. The van der Waals surface area contributed by atoms with Gasteiger partial charge < -0.3 is 14.7 Å². The van der Waals surface area contributed by atoms with Crippen molar-refractivity contribution < 1.29 is 14.7 Å². The summed E-state index contributed by atoms with van der Waals surface area (Å²) < 4.78 is 0.922. The molecule has 0 saturated carbocycles. The van der Waals surface area contributed by atoms with Crippen LogP contribution in [0.1, 0.15) is 5.56 Å². The van der Waals surface area contributed by atoms with Gasteiger partial charge in [0.15, 0.2) is 0 Å². The molecule has 1 saturated heterocycles. The molecule has 1 aromatic rings. The summed E-state index contributed by atoms with van der Waals surface area (Å²) in [6.45, 7) is 4.26. The highest BCUT2D eigenvalue weighted by Gasteiger charge is 2.42. The lowest BCUT2D eigenvalue weighted by Crippen LogP contribution is -2.64. The van der Waals surface area contributed by atoms with E-state index in [9.17, 15) is 0 Å². The van der Waals surface area contributed by atoms with Crippen molar-refractivity contribution in [2.24, 2.45) is 5.92 Å². The molecule has 0 aromatic heterocycles. The fraction of sp³-hybridized carbons (Fsp3) is 0.538. The molecule has 0 aliphatic carbocycles. The van der Waals surface area contributed by atoms with Gasteiger partial charge in [-0.2, -0.15) is 0 Å². The molecule has 2 rings (SSSR count). The average Bonchev–Trinajstić information content (AvgIpc) is 2.26. The van der Waals surface area contributed by atoms with Crippen molar-refractivity contribution in [3.63, 3.8) is 0 Å². The number of likely N-dealkylation sites (tertiary alicyclic amines) is 1. The van der Waals surface area contributed by atoms with Crippen LogP contribution in [0, 0.1) is 5.92 Å². The van der Waals surface area contributed by atoms with Crippen molar-refractivity contribution in [1.29, 1.82) is 0 Å². The number of aliphatic hydroxyl groups is 2. The smallest absolute Gasteiger partial charge is 0.104 e. The van der Waals surface area contributed by atoms with Gasteiger partial charge in [-0.1, -0.05) is 30.3 Å². The van der Waals surface area contributed by atoms with Gasteiger partial charge in [-0.15, -0.1) is 0 Å². The Kier molecular flexibility index (Phi) is 3.59. The molecule has 1 heterocycles. The van der Waals surface area contributed by atoms with Crippen LogP contribution in [0.2, 0.25) is 0 Å². The number of hydrogen-bond acceptors (Lipinski definition) is 2. The molecule has 0 atom stereocenters. The largest absolute Gasteiger partial charge is 0.396 e. The van der Waals surface area contributed by atoms with Crippen LogP contribution < -0.4 is 0 Å². The van der Waals surface area contributed by atoms with Crippen LogP contribution in [-0.2, 0) is 6.54 Å². The standard InChI is InChI=1S/C13H20NO2/c15-7-6-14(9-13(10-14)11-16)8-12-4-2-1-3-5-12/h1-5,13,15-16H,6-11H2/q+1. The monoisotopic (exact) mass is 222 g/mol. The van der Waals surface area contributed by atoms with E-state index >= 15 is 0 Å². The molecule has 1 fully saturated rings. The Morgan fingerprint density at radius 2 is 1.81 bits per heavy atom. The van der Waals surface area contributed by atoms with Gasteiger partial charge in [-0.3, -0.25) is 0 Å². The minimum atomic E-state index is 0.227. The van der Waals surface area contributed by atoms with Gasteiger partial charge in [0.2, 0.25) is 0 Å². The molecule has 0 spiro atoms. The van der Waals surface area contributed by atoms with E-state index in [0.29, 0.717) is 5.92 Å². The van der Waals surface area contributed by atoms with E-state index in [1.54, 1.807) is 0 Å². The van der Waals surface area contributed by atoms with Crippen molar-refractivity contribution in [3.8, 4) is 0 Å². The van der Waals surface area contributed by atoms with E-state index in [4.69, 9.17) is 10.2 Å². The summed E-state index contributed by atoms with van der Waals surface area (Å²) >= 11 is 0. The van der Waals surface area contributed by atoms with Crippen molar-refractivity contribution in [1.82, 2.24) is 0 Å². The van der Waals surface area contributed by atoms with Crippen molar-refractivity contribution in [2.45, 2.75) is 6.54 Å². The Morgan fingerprint density at radius 3 is 2.38 bits per heavy atom. The number of quaternary nitrogens is 1. The molecule has 88 valence electrons. The van der Waals surface area contributed by atoms with Crippen LogP contribution in [0.5, 0.6) is 0 Å². The maximum absolute atomic E-state index is 9.13. The highest BCUT2D eigenvalue weighted by atomic mass is 16.3. The van der Waals surface area contributed by atoms with Crippen LogP contribution in [0.3, 0.4) is 0 Å². The Labute approximate surface area is 96.5 Å². The zero-order valence-electron chi connectivity index (χ0n) is 9.55. The highest BCUT2D eigenvalue weighted by Crippen LogP contribution is 2.28. The lowest BCUT2D eigenvalue weighted by atomic mass is 9.95. The first-order valence-corrected chi connectivity index (χ1v) is 5.89. The van der Waals surface area contributed by atoms with Crippen molar-refractivity contribution in [3.05, 3.63) is 35.9 Å². The van der Waals surface area contributed by atoms with Crippen molar-refractivity contribution in [2.75, 3.05) is 32.8 Å². The normalized spacial score (nSPS) is 28.8. The quantitative estimate of drug-likeness (QED) is 0.717. The van der Waals surface area contributed by atoms with E-state index in [1.807, 2.05) is 18.2 Å². The van der Waals surface area contributed by atoms with Gasteiger partial charge in [0.1, 0.15) is 13.1 Å². The molecule has 0 radical (unpaired) electrons. The van der Waals surface area contributed by atoms with E-state index in [-0.39, 0.29) is 13.2 Å². The fourth-order valence-corrected chi connectivity index (χ4v) is 2.73. The molecule has 1 aromatic carbocycles. The van der Waals surface area contributed by atoms with Crippen LogP contribution in [-0.4, -0.2) is 47.5 Å². The molecule has 16 heavy (non-hydrogen) atoms. The molecular formula is C13H20NO2+. The second-order valence-electron chi connectivity index (χ2n) is 4.85. The van der Waals surface area contributed by atoms with Gasteiger partial charge in [0.25, 0.3) is 0 Å². The first kappa shape index (κ1) is 11.6. The third-order valence-corrected chi connectivity index (χ3v) is 3.48. The van der Waals surface area contributed by atoms with E-state index in [1.165, 1.54) is 5.56 Å². The summed E-state index contributed by atoms with van der Waals surface area (Å²) in [5, 5.41) is 18.2. The number of rotatable bonds is 5. The third-order valence-electron chi connectivity index (χ3n) is 3.48. The second kappa shape index (κ2) is 4.95. The molecule has 3 nitrogen and oxygen atoms in total. The third kappa shape index (κ3) is 2.43. The molecule has 0 bridgehead atoms. The Hall–Kier alpha value is -0.900. The van der Waals surface area contributed by atoms with E-state index < -0.39 is 0 Å². The molecular weight excluding hydrogens is 202 g/mol. The van der Waals surface area contributed by atoms with E-state index in [2.05, 4.69) is 12.1 Å². The summed E-state index contributed by atoms with van der Waals surface area (Å²) in [6.07, 6.45) is 0. The first-order valence-electron chi connectivity index (χ1n) is 5.89. The zero-order chi connectivity index (χ0) is 11.4. The molecule has 0 unspecified atom stereocenters. The molecule has 1 aliphatic heterocycles. The predicted octanol–water partition coefficient (Wildman–Crippen LogP) is 0.618. The van der Waals surface area contributed by atoms with E-state index in [0.717, 1.165) is 30.7 Å². The molecule has 2 N–H and O–H groups in total. The fourth-order valence-electron chi connectivity index (χ4n) is 2.73. The highest BCUT2D eigenvalue weighted by molar-refractivity contribution is 5.13. The Balaban J connectivity index is 1.99.